The van der Waals surface area contributed by atoms with E-state index in [4.69, 9.17) is 33.7 Å². The molecule has 2 fully saturated rings. The van der Waals surface area contributed by atoms with Gasteiger partial charge >= 0.3 is 17.1 Å². The fraction of sp³-hybridized carbons (Fsp3) is 0. The molecule has 23 heavy (non-hydrogen) atoms. The Hall–Kier alpha value is -0.701. The Morgan fingerprint density at radius 1 is 0.870 bits per heavy atom. The van der Waals surface area contributed by atoms with Crippen molar-refractivity contribution in [3.05, 3.63) is 97.6 Å². The summed E-state index contributed by atoms with van der Waals surface area (Å²) in [5.41, 5.74) is 0.0368. The van der Waals surface area contributed by atoms with Crippen molar-refractivity contribution in [1.29, 1.82) is 10.5 Å². The molecular weight excluding hydrogens is 371 g/mol. The van der Waals surface area contributed by atoms with E-state index in [0.29, 0.717) is 10.1 Å². The van der Waals surface area contributed by atoms with Gasteiger partial charge in [-0.1, -0.05) is 29.8 Å². The van der Waals surface area contributed by atoms with Crippen LogP contribution in [0.3, 0.4) is 0 Å². The molecular formula is C18H12Cl2FeN2+2. The van der Waals surface area contributed by atoms with Crippen LogP contribution in [0.1, 0.15) is 0 Å². The second kappa shape index (κ2) is 12.7. The molecule has 0 aromatic rings. The van der Waals surface area contributed by atoms with Crippen molar-refractivity contribution in [3.8, 4) is 12.1 Å². The Balaban J connectivity index is 0.000000460. The molecule has 0 atom stereocenters. The van der Waals surface area contributed by atoms with Gasteiger partial charge in [-0.15, -0.1) is 0 Å². The fourth-order valence-electron chi connectivity index (χ4n) is 1.44. The van der Waals surface area contributed by atoms with Gasteiger partial charge in [0.05, 0.1) is 0 Å². The van der Waals surface area contributed by atoms with Crippen LogP contribution in [-0.2, 0) is 17.1 Å². The first-order chi connectivity index (χ1) is 10.6. The molecule has 2 nitrogen and oxygen atoms in total. The molecule has 2 saturated carbocycles. The van der Waals surface area contributed by atoms with Gasteiger partial charge in [-0.05, 0) is 63.5 Å². The maximum absolute atomic E-state index is 8.46. The van der Waals surface area contributed by atoms with Gasteiger partial charge in [0.25, 0.3) is 0 Å². The van der Waals surface area contributed by atoms with E-state index in [1.165, 1.54) is 6.08 Å². The van der Waals surface area contributed by atoms with Crippen LogP contribution >= 0.6 is 23.2 Å². The average Bonchev–Trinajstić information content (AvgIpc) is 3.22. The smallest absolute Gasteiger partial charge is 0.192 e. The zero-order valence-corrected chi connectivity index (χ0v) is 14.6. The third kappa shape index (κ3) is 8.64. The van der Waals surface area contributed by atoms with Gasteiger partial charge in [-0.2, -0.15) is 10.5 Å². The number of allylic oxidation sites excluding steroid dienone is 5. The molecule has 0 spiro atoms. The predicted octanol–water partition coefficient (Wildman–Crippen LogP) is 4.63. The number of nitrogens with zero attached hydrogens (tertiary/aromatic N) is 2. The molecule has 5 heteroatoms. The van der Waals surface area contributed by atoms with Gasteiger partial charge in [0.2, 0.25) is 0 Å². The molecule has 0 aliphatic heterocycles. The summed E-state index contributed by atoms with van der Waals surface area (Å²) >= 11 is 11.5. The summed E-state index contributed by atoms with van der Waals surface area (Å²) in [5.74, 6) is 1.88. The molecule has 2 aliphatic rings. The van der Waals surface area contributed by atoms with Gasteiger partial charge in [0.15, 0.2) is 0 Å². The standard InChI is InChI=1S/C11H6ClN2.C7H6Cl.Fe/c12-11(10-3-1-2-4-10)6-5-9(7-13)8-14;1-6(8)7-4-2-3-5-7;/h1-6H;2-5H,1H2;/q;;+2/b11-6-;;. The van der Waals surface area contributed by atoms with Crippen molar-refractivity contribution in [3.63, 3.8) is 0 Å². The maximum Gasteiger partial charge on any atom is 2.00 e. The van der Waals surface area contributed by atoms with Crippen LogP contribution in [0, 0.1) is 85.9 Å². The molecule has 114 valence electrons. The molecule has 0 amide bonds. The van der Waals surface area contributed by atoms with E-state index in [2.05, 4.69) is 6.58 Å². The SMILES string of the molecule is C=C(Cl)[C]1[CH][CH][CH][CH]1.N#CC(C#N)=C/C=C(\Cl)[C]1[CH][CH][CH][CH]1.[Fe+2]. The van der Waals surface area contributed by atoms with E-state index >= 15 is 0 Å². The molecule has 0 unspecified atom stereocenters. The Bertz CT molecular complexity index is 498. The summed E-state index contributed by atoms with van der Waals surface area (Å²) in [6.45, 7) is 3.56. The molecule has 0 bridgehead atoms. The molecule has 2 rings (SSSR count). The summed E-state index contributed by atoms with van der Waals surface area (Å²) in [6.07, 6.45) is 18.1. The number of hydrogen-bond donors (Lipinski definition) is 0. The number of halogens is 2. The number of nitriles is 2. The third-order valence-electron chi connectivity index (χ3n) is 2.55. The van der Waals surface area contributed by atoms with Crippen molar-refractivity contribution < 1.29 is 17.1 Å². The van der Waals surface area contributed by atoms with E-state index in [9.17, 15) is 0 Å². The van der Waals surface area contributed by atoms with Gasteiger partial charge in [0.1, 0.15) is 17.7 Å². The van der Waals surface area contributed by atoms with Gasteiger partial charge in [0, 0.05) is 21.9 Å². The van der Waals surface area contributed by atoms with Gasteiger partial charge < -0.3 is 0 Å². The normalized spacial score (nSPS) is 18.0. The van der Waals surface area contributed by atoms with Gasteiger partial charge in [-0.25, -0.2) is 0 Å². The first kappa shape index (κ1) is 22.3. The summed E-state index contributed by atoms with van der Waals surface area (Å²) in [4.78, 5) is 0. The van der Waals surface area contributed by atoms with E-state index < -0.39 is 0 Å². The molecule has 0 saturated heterocycles. The van der Waals surface area contributed by atoms with Gasteiger partial charge in [-0.3, -0.25) is 0 Å². The molecule has 0 N–H and O–H groups in total. The Morgan fingerprint density at radius 2 is 1.30 bits per heavy atom. The molecule has 0 aromatic heterocycles. The van der Waals surface area contributed by atoms with Crippen LogP contribution in [0.15, 0.2) is 34.4 Å². The second-order valence-electron chi connectivity index (χ2n) is 4.07. The van der Waals surface area contributed by atoms with Crippen LogP contribution in [0.4, 0.5) is 0 Å². The molecule has 0 aromatic carbocycles. The summed E-state index contributed by atoms with van der Waals surface area (Å²) < 4.78 is 0. The van der Waals surface area contributed by atoms with Crippen molar-refractivity contribution in [2.75, 3.05) is 0 Å². The van der Waals surface area contributed by atoms with Crippen molar-refractivity contribution >= 4 is 23.2 Å². The number of hydrogen-bond acceptors (Lipinski definition) is 2. The van der Waals surface area contributed by atoms with E-state index in [0.717, 1.165) is 11.8 Å². The zero-order chi connectivity index (χ0) is 16.4. The Kier molecular flexibility index (Phi) is 12.3. The van der Waals surface area contributed by atoms with E-state index in [1.807, 2.05) is 51.4 Å². The van der Waals surface area contributed by atoms with Crippen molar-refractivity contribution in [2.24, 2.45) is 0 Å². The minimum Gasteiger partial charge on any atom is -0.192 e. The predicted molar refractivity (Wildman–Crippen MR) is 89.1 cm³/mol. The van der Waals surface area contributed by atoms with Crippen LogP contribution in [0.5, 0.6) is 0 Å². The topological polar surface area (TPSA) is 47.6 Å². The monoisotopic (exact) mass is 382 g/mol. The molecule has 10 radical (unpaired) electrons. The van der Waals surface area contributed by atoms with Crippen LogP contribution in [0.25, 0.3) is 0 Å². The van der Waals surface area contributed by atoms with Crippen LogP contribution in [-0.4, -0.2) is 0 Å². The molecule has 0 heterocycles. The summed E-state index contributed by atoms with van der Waals surface area (Å²) in [7, 11) is 0. The minimum absolute atomic E-state index is 0. The largest absolute Gasteiger partial charge is 2.00 e. The average molecular weight is 383 g/mol. The van der Waals surface area contributed by atoms with E-state index in [1.54, 1.807) is 18.2 Å². The maximum atomic E-state index is 8.46. The number of rotatable bonds is 3. The quantitative estimate of drug-likeness (QED) is 0.406. The summed E-state index contributed by atoms with van der Waals surface area (Å²) in [6, 6.07) is 3.50. The molecule has 2 aliphatic carbocycles. The van der Waals surface area contributed by atoms with Crippen LogP contribution < -0.4 is 0 Å². The zero-order valence-electron chi connectivity index (χ0n) is 12.0. The minimum atomic E-state index is 0. The Morgan fingerprint density at radius 3 is 1.65 bits per heavy atom. The first-order valence-electron chi connectivity index (χ1n) is 6.24. The fourth-order valence-corrected chi connectivity index (χ4v) is 1.76. The van der Waals surface area contributed by atoms with Crippen molar-refractivity contribution in [2.45, 2.75) is 0 Å². The van der Waals surface area contributed by atoms with E-state index in [-0.39, 0.29) is 22.6 Å². The van der Waals surface area contributed by atoms with Crippen LogP contribution in [0.2, 0.25) is 0 Å². The summed E-state index contributed by atoms with van der Waals surface area (Å²) in [5, 5.41) is 18.0. The first-order valence-corrected chi connectivity index (χ1v) is 7.00. The second-order valence-corrected chi connectivity index (χ2v) is 4.93. The Labute approximate surface area is 160 Å². The third-order valence-corrected chi connectivity index (χ3v) is 3.11. The van der Waals surface area contributed by atoms with Crippen molar-refractivity contribution in [1.82, 2.24) is 0 Å².